The number of rotatable bonds is 7. The fourth-order valence-electron chi connectivity index (χ4n) is 2.10. The highest BCUT2D eigenvalue weighted by Crippen LogP contribution is 2.18. The van der Waals surface area contributed by atoms with Crippen LogP contribution < -0.4 is 10.6 Å². The van der Waals surface area contributed by atoms with Gasteiger partial charge in [-0.2, -0.15) is 0 Å². The number of nitrogens with zero attached hydrogens (tertiary/aromatic N) is 2. The van der Waals surface area contributed by atoms with Crippen LogP contribution in [0, 0.1) is 0 Å². The van der Waals surface area contributed by atoms with Crippen molar-refractivity contribution in [1.29, 1.82) is 0 Å². The summed E-state index contributed by atoms with van der Waals surface area (Å²) in [7, 11) is 0. The van der Waals surface area contributed by atoms with Crippen LogP contribution in [0.4, 0.5) is 0 Å². The fraction of sp³-hybridized carbons (Fsp3) is 0.467. The van der Waals surface area contributed by atoms with Gasteiger partial charge in [0.15, 0.2) is 0 Å². The Bertz CT molecular complexity index is 536. The zero-order chi connectivity index (χ0) is 12.9. The molecule has 2 N–H and O–H groups in total. The summed E-state index contributed by atoms with van der Waals surface area (Å²) in [6, 6.07) is 8.79. The van der Waals surface area contributed by atoms with Gasteiger partial charge >= 0.3 is 0 Å². The van der Waals surface area contributed by atoms with Gasteiger partial charge in [0.25, 0.3) is 0 Å². The highest BCUT2D eigenvalue weighted by atomic mass is 15.0. The maximum absolute atomic E-state index is 4.59. The SMILES string of the molecule is c1ccc2nc(CNCCCNC3CC3)cnc2c1. The van der Waals surface area contributed by atoms with Crippen LogP contribution >= 0.6 is 0 Å². The van der Waals surface area contributed by atoms with E-state index in [1.165, 1.54) is 12.8 Å². The van der Waals surface area contributed by atoms with Crippen molar-refractivity contribution in [1.82, 2.24) is 20.6 Å². The van der Waals surface area contributed by atoms with Gasteiger partial charge in [-0.25, -0.2) is 4.98 Å². The summed E-state index contributed by atoms with van der Waals surface area (Å²) in [5.41, 5.74) is 2.94. The van der Waals surface area contributed by atoms with Gasteiger partial charge in [0.2, 0.25) is 0 Å². The molecule has 0 bridgehead atoms. The van der Waals surface area contributed by atoms with Crippen LogP contribution in [0.1, 0.15) is 25.0 Å². The molecule has 0 spiro atoms. The van der Waals surface area contributed by atoms with Crippen molar-refractivity contribution < 1.29 is 0 Å². The lowest BCUT2D eigenvalue weighted by Gasteiger charge is -2.06. The van der Waals surface area contributed by atoms with Gasteiger partial charge < -0.3 is 10.6 Å². The Kier molecular flexibility index (Phi) is 4.01. The fourth-order valence-corrected chi connectivity index (χ4v) is 2.10. The summed E-state index contributed by atoms with van der Waals surface area (Å²) < 4.78 is 0. The number of nitrogens with one attached hydrogen (secondary N) is 2. The van der Waals surface area contributed by atoms with E-state index in [9.17, 15) is 0 Å². The van der Waals surface area contributed by atoms with Gasteiger partial charge in [0.1, 0.15) is 0 Å². The molecule has 1 saturated carbocycles. The molecule has 0 radical (unpaired) electrons. The van der Waals surface area contributed by atoms with Crippen molar-refractivity contribution in [2.75, 3.05) is 13.1 Å². The smallest absolute Gasteiger partial charge is 0.0890 e. The number of para-hydroxylation sites is 2. The van der Waals surface area contributed by atoms with E-state index in [-0.39, 0.29) is 0 Å². The lowest BCUT2D eigenvalue weighted by molar-refractivity contribution is 0.589. The van der Waals surface area contributed by atoms with E-state index >= 15 is 0 Å². The summed E-state index contributed by atoms with van der Waals surface area (Å²) in [5.74, 6) is 0. The molecule has 1 aliphatic rings. The standard InChI is InChI=1S/C15H20N4/c1-2-5-15-14(4-1)18-11-13(19-15)10-16-8-3-9-17-12-6-7-12/h1-2,4-5,11-12,16-17H,3,6-10H2. The van der Waals surface area contributed by atoms with Crippen LogP contribution in [0.25, 0.3) is 11.0 Å². The van der Waals surface area contributed by atoms with Crippen molar-refractivity contribution in [3.8, 4) is 0 Å². The van der Waals surface area contributed by atoms with Crippen LogP contribution in [0.15, 0.2) is 30.5 Å². The Morgan fingerprint density at radius 2 is 1.95 bits per heavy atom. The largest absolute Gasteiger partial charge is 0.314 e. The van der Waals surface area contributed by atoms with Gasteiger partial charge in [-0.15, -0.1) is 0 Å². The Balaban J connectivity index is 1.42. The molecule has 100 valence electrons. The zero-order valence-electron chi connectivity index (χ0n) is 11.1. The first kappa shape index (κ1) is 12.5. The van der Waals surface area contributed by atoms with E-state index in [1.54, 1.807) is 0 Å². The second kappa shape index (κ2) is 6.08. The summed E-state index contributed by atoms with van der Waals surface area (Å²) in [6.45, 7) is 2.93. The van der Waals surface area contributed by atoms with E-state index in [2.05, 4.69) is 20.6 Å². The number of hydrogen-bond acceptors (Lipinski definition) is 4. The average molecular weight is 256 g/mol. The summed E-state index contributed by atoms with van der Waals surface area (Å²) >= 11 is 0. The summed E-state index contributed by atoms with van der Waals surface area (Å²) in [4.78, 5) is 9.00. The monoisotopic (exact) mass is 256 g/mol. The predicted molar refractivity (Wildman–Crippen MR) is 76.9 cm³/mol. The molecule has 0 atom stereocenters. The van der Waals surface area contributed by atoms with E-state index < -0.39 is 0 Å². The highest BCUT2D eigenvalue weighted by molar-refractivity contribution is 5.73. The van der Waals surface area contributed by atoms with Crippen LogP contribution in [-0.4, -0.2) is 29.1 Å². The number of fused-ring (bicyclic) bond motifs is 1. The minimum atomic E-state index is 0.793. The number of aromatic nitrogens is 2. The minimum absolute atomic E-state index is 0.793. The van der Waals surface area contributed by atoms with Crippen molar-refractivity contribution >= 4 is 11.0 Å². The summed E-state index contributed by atoms with van der Waals surface area (Å²) in [5, 5.41) is 6.93. The maximum atomic E-state index is 4.59. The number of hydrogen-bond donors (Lipinski definition) is 2. The van der Waals surface area contributed by atoms with Crippen molar-refractivity contribution in [3.63, 3.8) is 0 Å². The minimum Gasteiger partial charge on any atom is -0.314 e. The van der Waals surface area contributed by atoms with E-state index in [0.717, 1.165) is 48.8 Å². The van der Waals surface area contributed by atoms with Crippen molar-refractivity contribution in [2.45, 2.75) is 31.8 Å². The number of benzene rings is 1. The van der Waals surface area contributed by atoms with Crippen molar-refractivity contribution in [3.05, 3.63) is 36.2 Å². The summed E-state index contributed by atoms with van der Waals surface area (Å²) in [6.07, 6.45) is 5.75. The molecule has 0 unspecified atom stereocenters. The Hall–Kier alpha value is -1.52. The third-order valence-corrected chi connectivity index (χ3v) is 3.35. The van der Waals surface area contributed by atoms with Crippen LogP contribution in [0.5, 0.6) is 0 Å². The second-order valence-corrected chi connectivity index (χ2v) is 5.11. The van der Waals surface area contributed by atoms with Gasteiger partial charge in [-0.05, 0) is 44.5 Å². The van der Waals surface area contributed by atoms with Crippen LogP contribution in [-0.2, 0) is 6.54 Å². The van der Waals surface area contributed by atoms with E-state index in [0.29, 0.717) is 0 Å². The molecular formula is C15H20N4. The molecule has 1 aromatic heterocycles. The third-order valence-electron chi connectivity index (χ3n) is 3.35. The first-order valence-electron chi connectivity index (χ1n) is 7.06. The van der Waals surface area contributed by atoms with Crippen LogP contribution in [0.3, 0.4) is 0 Å². The molecule has 2 aromatic rings. The van der Waals surface area contributed by atoms with Gasteiger partial charge in [0, 0.05) is 12.6 Å². The first-order chi connectivity index (χ1) is 9.42. The average Bonchev–Trinajstić information content (AvgIpc) is 3.27. The van der Waals surface area contributed by atoms with Gasteiger partial charge in [0.05, 0.1) is 22.9 Å². The molecular weight excluding hydrogens is 236 g/mol. The second-order valence-electron chi connectivity index (χ2n) is 5.11. The quantitative estimate of drug-likeness (QED) is 0.742. The molecule has 1 fully saturated rings. The van der Waals surface area contributed by atoms with Gasteiger partial charge in [-0.1, -0.05) is 12.1 Å². The van der Waals surface area contributed by atoms with Gasteiger partial charge in [-0.3, -0.25) is 4.98 Å². The van der Waals surface area contributed by atoms with E-state index in [4.69, 9.17) is 0 Å². The molecule has 1 aromatic carbocycles. The third kappa shape index (κ3) is 3.72. The molecule has 0 aliphatic heterocycles. The molecule has 19 heavy (non-hydrogen) atoms. The Morgan fingerprint density at radius 3 is 2.79 bits per heavy atom. The lowest BCUT2D eigenvalue weighted by Crippen LogP contribution is -2.23. The van der Waals surface area contributed by atoms with Crippen molar-refractivity contribution in [2.24, 2.45) is 0 Å². The molecule has 0 saturated heterocycles. The highest BCUT2D eigenvalue weighted by Gasteiger charge is 2.19. The lowest BCUT2D eigenvalue weighted by atomic mass is 10.3. The maximum Gasteiger partial charge on any atom is 0.0890 e. The Labute approximate surface area is 113 Å². The Morgan fingerprint density at radius 1 is 1.11 bits per heavy atom. The topological polar surface area (TPSA) is 49.8 Å². The first-order valence-corrected chi connectivity index (χ1v) is 7.06. The molecule has 0 amide bonds. The van der Waals surface area contributed by atoms with E-state index in [1.807, 2.05) is 30.5 Å². The molecule has 1 heterocycles. The molecule has 4 nitrogen and oxygen atoms in total. The molecule has 4 heteroatoms. The molecule has 1 aliphatic carbocycles. The normalized spacial score (nSPS) is 14.9. The van der Waals surface area contributed by atoms with Crippen LogP contribution in [0.2, 0.25) is 0 Å². The zero-order valence-corrected chi connectivity index (χ0v) is 11.1. The molecule has 3 rings (SSSR count). The predicted octanol–water partition coefficient (Wildman–Crippen LogP) is 1.86.